The number of nitrogens with zero attached hydrogens (tertiary/aromatic N) is 1. The summed E-state index contributed by atoms with van der Waals surface area (Å²) in [6.45, 7) is 0. The number of hydrogen-bond acceptors (Lipinski definition) is 4. The molecule has 0 amide bonds. The molecule has 20 heavy (non-hydrogen) atoms. The highest BCUT2D eigenvalue weighted by Gasteiger charge is 2.13. The first-order valence-corrected chi connectivity index (χ1v) is 7.06. The number of ether oxygens (including phenoxy) is 1. The molecule has 0 aliphatic heterocycles. The van der Waals surface area contributed by atoms with Crippen LogP contribution in [0, 0.1) is 0 Å². The van der Waals surface area contributed by atoms with Crippen molar-refractivity contribution in [3.8, 4) is 27.4 Å². The van der Waals surface area contributed by atoms with Crippen molar-refractivity contribution in [1.82, 2.24) is 4.98 Å². The maximum absolute atomic E-state index is 5.89. The third-order valence-electron chi connectivity index (χ3n) is 3.04. The van der Waals surface area contributed by atoms with Gasteiger partial charge in [-0.3, -0.25) is 0 Å². The Morgan fingerprint density at radius 2 is 1.65 bits per heavy atom. The molecule has 3 rings (SSSR count). The molecule has 2 aromatic carbocycles. The fraction of sp³-hybridized carbons (Fsp3) is 0.0625. The van der Waals surface area contributed by atoms with Gasteiger partial charge in [0.05, 0.1) is 17.7 Å². The number of nitrogen functional groups attached to an aromatic ring is 1. The summed E-state index contributed by atoms with van der Waals surface area (Å²) < 4.78 is 5.18. The van der Waals surface area contributed by atoms with Crippen LogP contribution in [0.1, 0.15) is 0 Å². The fourth-order valence-electron chi connectivity index (χ4n) is 2.07. The van der Waals surface area contributed by atoms with Gasteiger partial charge in [-0.2, -0.15) is 0 Å². The van der Waals surface area contributed by atoms with Crippen molar-refractivity contribution in [1.29, 1.82) is 0 Å². The van der Waals surface area contributed by atoms with Crippen LogP contribution >= 0.6 is 11.3 Å². The summed E-state index contributed by atoms with van der Waals surface area (Å²) >= 11 is 1.51. The average Bonchev–Trinajstić information content (AvgIpc) is 2.90. The zero-order valence-corrected chi connectivity index (χ0v) is 11.9. The van der Waals surface area contributed by atoms with E-state index in [1.165, 1.54) is 11.3 Å². The van der Waals surface area contributed by atoms with Crippen molar-refractivity contribution < 1.29 is 4.74 Å². The molecule has 0 aliphatic carbocycles. The molecular weight excluding hydrogens is 268 g/mol. The van der Waals surface area contributed by atoms with Crippen molar-refractivity contribution in [2.75, 3.05) is 12.8 Å². The van der Waals surface area contributed by atoms with Crippen molar-refractivity contribution in [3.05, 3.63) is 54.6 Å². The molecule has 0 unspecified atom stereocenters. The van der Waals surface area contributed by atoms with E-state index in [0.29, 0.717) is 5.13 Å². The first-order valence-electron chi connectivity index (χ1n) is 6.24. The monoisotopic (exact) mass is 282 g/mol. The summed E-state index contributed by atoms with van der Waals surface area (Å²) in [5.74, 6) is 0.832. The molecule has 0 aliphatic rings. The zero-order chi connectivity index (χ0) is 13.9. The van der Waals surface area contributed by atoms with Gasteiger partial charge in [-0.1, -0.05) is 41.7 Å². The van der Waals surface area contributed by atoms with Crippen LogP contribution in [0.4, 0.5) is 5.13 Å². The highest BCUT2D eigenvalue weighted by molar-refractivity contribution is 7.19. The van der Waals surface area contributed by atoms with Crippen molar-refractivity contribution in [2.45, 2.75) is 0 Å². The summed E-state index contributed by atoms with van der Waals surface area (Å²) in [5, 5.41) is 0.578. The molecule has 0 saturated heterocycles. The summed E-state index contributed by atoms with van der Waals surface area (Å²) in [6, 6.07) is 18.0. The van der Waals surface area contributed by atoms with Crippen molar-refractivity contribution in [3.63, 3.8) is 0 Å². The fourth-order valence-corrected chi connectivity index (χ4v) is 2.93. The number of thiazole rings is 1. The first-order chi connectivity index (χ1) is 9.78. The Kier molecular flexibility index (Phi) is 3.39. The SMILES string of the molecule is COc1ccc(-c2nc(N)sc2-c2ccccc2)cc1. The third-order valence-corrected chi connectivity index (χ3v) is 3.98. The van der Waals surface area contributed by atoms with Gasteiger partial charge < -0.3 is 10.5 Å². The minimum absolute atomic E-state index is 0.578. The molecule has 100 valence electrons. The Hall–Kier alpha value is -2.33. The second-order valence-corrected chi connectivity index (χ2v) is 5.36. The van der Waals surface area contributed by atoms with Crippen LogP contribution in [0.2, 0.25) is 0 Å². The quantitative estimate of drug-likeness (QED) is 0.787. The van der Waals surface area contributed by atoms with Gasteiger partial charge in [0.2, 0.25) is 0 Å². The van der Waals surface area contributed by atoms with Gasteiger partial charge >= 0.3 is 0 Å². The van der Waals surface area contributed by atoms with Gasteiger partial charge in [-0.05, 0) is 29.8 Å². The van der Waals surface area contributed by atoms with Gasteiger partial charge in [-0.25, -0.2) is 4.98 Å². The molecule has 0 atom stereocenters. The maximum Gasteiger partial charge on any atom is 0.181 e. The van der Waals surface area contributed by atoms with Crippen LogP contribution in [0.3, 0.4) is 0 Å². The van der Waals surface area contributed by atoms with Crippen molar-refractivity contribution in [2.24, 2.45) is 0 Å². The Morgan fingerprint density at radius 3 is 2.30 bits per heavy atom. The molecule has 4 heteroatoms. The lowest BCUT2D eigenvalue weighted by molar-refractivity contribution is 0.415. The van der Waals surface area contributed by atoms with E-state index in [2.05, 4.69) is 17.1 Å². The zero-order valence-electron chi connectivity index (χ0n) is 11.0. The highest BCUT2D eigenvalue weighted by atomic mass is 32.1. The molecule has 0 spiro atoms. The van der Waals surface area contributed by atoms with E-state index in [0.717, 1.165) is 27.4 Å². The predicted molar refractivity (Wildman–Crippen MR) is 84.0 cm³/mol. The molecule has 0 saturated carbocycles. The molecule has 0 fully saturated rings. The van der Waals surface area contributed by atoms with Gasteiger partial charge in [0.1, 0.15) is 5.75 Å². The first kappa shape index (κ1) is 12.7. The Labute approximate surface area is 121 Å². The molecule has 1 heterocycles. The summed E-state index contributed by atoms with van der Waals surface area (Å²) in [7, 11) is 1.66. The second-order valence-electron chi connectivity index (χ2n) is 4.32. The van der Waals surface area contributed by atoms with E-state index in [9.17, 15) is 0 Å². The van der Waals surface area contributed by atoms with E-state index >= 15 is 0 Å². The number of hydrogen-bond donors (Lipinski definition) is 1. The van der Waals surface area contributed by atoms with Crippen LogP contribution in [0.15, 0.2) is 54.6 Å². The van der Waals surface area contributed by atoms with Gasteiger partial charge in [0.25, 0.3) is 0 Å². The molecule has 3 nitrogen and oxygen atoms in total. The lowest BCUT2D eigenvalue weighted by Crippen LogP contribution is -1.86. The molecular formula is C16H14N2OS. The second kappa shape index (κ2) is 5.35. The van der Waals surface area contributed by atoms with E-state index in [1.54, 1.807) is 7.11 Å². The Bertz CT molecular complexity index is 705. The van der Waals surface area contributed by atoms with E-state index in [1.807, 2.05) is 42.5 Å². The topological polar surface area (TPSA) is 48.1 Å². The number of methoxy groups -OCH3 is 1. The number of benzene rings is 2. The Balaban J connectivity index is 2.09. The predicted octanol–water partition coefficient (Wildman–Crippen LogP) is 4.07. The van der Waals surface area contributed by atoms with Gasteiger partial charge in [0.15, 0.2) is 5.13 Å². The molecule has 2 N–H and O–H groups in total. The van der Waals surface area contributed by atoms with Crippen LogP contribution in [-0.4, -0.2) is 12.1 Å². The number of rotatable bonds is 3. The van der Waals surface area contributed by atoms with Crippen LogP contribution in [-0.2, 0) is 0 Å². The summed E-state index contributed by atoms with van der Waals surface area (Å²) in [6.07, 6.45) is 0. The Morgan fingerprint density at radius 1 is 0.950 bits per heavy atom. The van der Waals surface area contributed by atoms with Gasteiger partial charge in [0, 0.05) is 5.56 Å². The van der Waals surface area contributed by atoms with Crippen LogP contribution in [0.25, 0.3) is 21.7 Å². The molecule has 0 radical (unpaired) electrons. The molecule has 0 bridgehead atoms. The van der Waals surface area contributed by atoms with Gasteiger partial charge in [-0.15, -0.1) is 0 Å². The van der Waals surface area contributed by atoms with Crippen LogP contribution in [0.5, 0.6) is 5.75 Å². The lowest BCUT2D eigenvalue weighted by atomic mass is 10.1. The van der Waals surface area contributed by atoms with Crippen molar-refractivity contribution >= 4 is 16.5 Å². The summed E-state index contributed by atoms with van der Waals surface area (Å²) in [4.78, 5) is 5.56. The smallest absolute Gasteiger partial charge is 0.181 e. The van der Waals surface area contributed by atoms with E-state index in [-0.39, 0.29) is 0 Å². The number of aromatic nitrogens is 1. The minimum atomic E-state index is 0.578. The molecule has 3 aromatic rings. The highest BCUT2D eigenvalue weighted by Crippen LogP contribution is 2.38. The van der Waals surface area contributed by atoms with Crippen LogP contribution < -0.4 is 10.5 Å². The maximum atomic E-state index is 5.89. The summed E-state index contributed by atoms with van der Waals surface area (Å²) in [5.41, 5.74) is 8.98. The number of nitrogens with two attached hydrogens (primary N) is 1. The minimum Gasteiger partial charge on any atom is -0.497 e. The van der Waals surface area contributed by atoms with E-state index in [4.69, 9.17) is 10.5 Å². The lowest BCUT2D eigenvalue weighted by Gasteiger charge is -2.04. The standard InChI is InChI=1S/C16H14N2OS/c1-19-13-9-7-11(8-10-13)14-15(20-16(17)18-14)12-5-3-2-4-6-12/h2-10H,1H3,(H2,17,18). The van der Waals surface area contributed by atoms with E-state index < -0.39 is 0 Å². The number of anilines is 1. The third kappa shape index (κ3) is 2.38. The normalized spacial score (nSPS) is 10.4. The molecule has 1 aromatic heterocycles. The largest absolute Gasteiger partial charge is 0.497 e. The average molecular weight is 282 g/mol.